The van der Waals surface area contributed by atoms with Crippen LogP contribution in [0.2, 0.25) is 5.02 Å². The predicted octanol–water partition coefficient (Wildman–Crippen LogP) is 3.06. The van der Waals surface area contributed by atoms with Crippen LogP contribution in [0, 0.1) is 6.92 Å². The molecule has 0 amide bonds. The molecule has 0 aliphatic heterocycles. The van der Waals surface area contributed by atoms with Crippen LogP contribution in [-0.4, -0.2) is 29.0 Å². The molecular weight excluding hydrogens is 320 g/mol. The minimum absolute atomic E-state index is 0.0317. The third-order valence-corrected chi connectivity index (χ3v) is 3.74. The van der Waals surface area contributed by atoms with E-state index in [0.717, 1.165) is 5.39 Å². The van der Waals surface area contributed by atoms with E-state index in [0.29, 0.717) is 21.9 Å². The highest BCUT2D eigenvalue weighted by molar-refractivity contribution is 6.31. The van der Waals surface area contributed by atoms with Crippen molar-refractivity contribution in [2.45, 2.75) is 13.3 Å². The first-order chi connectivity index (χ1) is 11.0. The molecule has 1 N–H and O–H groups in total. The number of aryl methyl sites for hydroxylation is 1. The predicted molar refractivity (Wildman–Crippen MR) is 83.7 cm³/mol. The van der Waals surface area contributed by atoms with Gasteiger partial charge in [0, 0.05) is 27.6 Å². The number of fused-ring (bicyclic) bond motifs is 1. The number of ketones is 1. The lowest BCUT2D eigenvalue weighted by Gasteiger charge is -2.02. The highest BCUT2D eigenvalue weighted by Crippen LogP contribution is 2.27. The quantitative estimate of drug-likeness (QED) is 0.586. The van der Waals surface area contributed by atoms with E-state index in [4.69, 9.17) is 20.9 Å². The molecule has 3 aromatic rings. The molecule has 0 saturated carbocycles. The Kier molecular flexibility index (Phi) is 3.92. The van der Waals surface area contributed by atoms with Gasteiger partial charge in [-0.05, 0) is 19.1 Å². The van der Waals surface area contributed by atoms with Gasteiger partial charge in [0.05, 0.1) is 19.2 Å². The Labute approximate surface area is 136 Å². The van der Waals surface area contributed by atoms with Crippen molar-refractivity contribution in [1.29, 1.82) is 0 Å². The van der Waals surface area contributed by atoms with E-state index in [2.05, 4.69) is 10.1 Å². The first kappa shape index (κ1) is 15.3. The van der Waals surface area contributed by atoms with Crippen molar-refractivity contribution in [3.05, 3.63) is 52.0 Å². The molecule has 2 aromatic heterocycles. The zero-order valence-electron chi connectivity index (χ0n) is 12.5. The van der Waals surface area contributed by atoms with Gasteiger partial charge in [-0.1, -0.05) is 22.8 Å². The van der Waals surface area contributed by atoms with Crippen molar-refractivity contribution in [3.8, 4) is 0 Å². The third-order valence-electron chi connectivity index (χ3n) is 3.50. The average molecular weight is 333 g/mol. The number of methoxy groups -OCH3 is 1. The lowest BCUT2D eigenvalue weighted by molar-refractivity contribution is -0.139. The van der Waals surface area contributed by atoms with Crippen LogP contribution in [0.5, 0.6) is 0 Å². The Bertz CT molecular complexity index is 910. The number of H-pyrrole nitrogens is 1. The van der Waals surface area contributed by atoms with E-state index in [1.165, 1.54) is 7.11 Å². The molecule has 0 bridgehead atoms. The number of hydrogen-bond donors (Lipinski definition) is 1. The van der Waals surface area contributed by atoms with Crippen molar-refractivity contribution >= 4 is 34.3 Å². The minimum atomic E-state index is -0.439. The smallest absolute Gasteiger partial charge is 0.310 e. The number of ether oxygens (including phenoxy) is 1. The van der Waals surface area contributed by atoms with Gasteiger partial charge < -0.3 is 14.2 Å². The Morgan fingerprint density at radius 2 is 2.13 bits per heavy atom. The normalized spacial score (nSPS) is 10.9. The number of carbonyl (C=O) groups is 2. The molecule has 118 valence electrons. The summed E-state index contributed by atoms with van der Waals surface area (Å²) in [5.74, 6) is -0.263. The molecule has 0 unspecified atom stereocenters. The number of esters is 1. The second-order valence-corrected chi connectivity index (χ2v) is 5.51. The van der Waals surface area contributed by atoms with E-state index in [1.807, 2.05) is 0 Å². The number of nitrogens with zero attached hydrogens (tertiary/aromatic N) is 1. The molecule has 2 heterocycles. The number of aromatic amines is 1. The number of carbonyl (C=O) groups excluding carboxylic acids is 2. The topological polar surface area (TPSA) is 85.2 Å². The maximum Gasteiger partial charge on any atom is 0.310 e. The van der Waals surface area contributed by atoms with Crippen LogP contribution in [0.25, 0.3) is 10.9 Å². The number of halogens is 1. The molecule has 7 heteroatoms. The van der Waals surface area contributed by atoms with Gasteiger partial charge in [0.1, 0.15) is 5.76 Å². The number of rotatable bonds is 4. The Hall–Kier alpha value is -2.60. The van der Waals surface area contributed by atoms with Gasteiger partial charge in [-0.15, -0.1) is 0 Å². The number of aromatic nitrogens is 2. The maximum absolute atomic E-state index is 12.7. The fourth-order valence-corrected chi connectivity index (χ4v) is 2.60. The van der Waals surface area contributed by atoms with Crippen LogP contribution in [0.1, 0.15) is 27.5 Å². The number of hydrogen-bond acceptors (Lipinski definition) is 5. The third kappa shape index (κ3) is 2.85. The van der Waals surface area contributed by atoms with E-state index < -0.39 is 5.97 Å². The van der Waals surface area contributed by atoms with Crippen LogP contribution in [-0.2, 0) is 16.0 Å². The number of benzene rings is 1. The first-order valence-electron chi connectivity index (χ1n) is 6.84. The van der Waals surface area contributed by atoms with Gasteiger partial charge in [0.15, 0.2) is 5.69 Å². The monoisotopic (exact) mass is 332 g/mol. The first-order valence-corrected chi connectivity index (χ1v) is 7.22. The summed E-state index contributed by atoms with van der Waals surface area (Å²) in [6.45, 7) is 1.70. The maximum atomic E-state index is 12.7. The SMILES string of the molecule is COC(=O)Cc1c(C(=O)c2cc(C)on2)[nH]c2cc(Cl)ccc12. The van der Waals surface area contributed by atoms with Gasteiger partial charge in [-0.25, -0.2) is 0 Å². The van der Waals surface area contributed by atoms with E-state index in [1.54, 1.807) is 31.2 Å². The summed E-state index contributed by atoms with van der Waals surface area (Å²) in [5, 5.41) is 5.00. The molecular formula is C16H13ClN2O4. The second-order valence-electron chi connectivity index (χ2n) is 5.07. The summed E-state index contributed by atoms with van der Waals surface area (Å²) < 4.78 is 9.66. The molecule has 0 radical (unpaired) electrons. The summed E-state index contributed by atoms with van der Waals surface area (Å²) >= 11 is 5.99. The largest absolute Gasteiger partial charge is 0.469 e. The van der Waals surface area contributed by atoms with Gasteiger partial charge in [-0.3, -0.25) is 9.59 Å². The zero-order valence-corrected chi connectivity index (χ0v) is 13.2. The van der Waals surface area contributed by atoms with Gasteiger partial charge in [0.2, 0.25) is 5.78 Å². The highest BCUT2D eigenvalue weighted by Gasteiger charge is 2.23. The molecule has 1 aromatic carbocycles. The molecule has 6 nitrogen and oxygen atoms in total. The molecule has 0 spiro atoms. The van der Waals surface area contributed by atoms with Crippen LogP contribution in [0.3, 0.4) is 0 Å². The lowest BCUT2D eigenvalue weighted by atomic mass is 10.0. The zero-order chi connectivity index (χ0) is 16.6. The van der Waals surface area contributed by atoms with Gasteiger partial charge >= 0.3 is 5.97 Å². The van der Waals surface area contributed by atoms with Crippen molar-refractivity contribution < 1.29 is 18.8 Å². The molecule has 3 rings (SSSR count). The van der Waals surface area contributed by atoms with E-state index >= 15 is 0 Å². The van der Waals surface area contributed by atoms with Crippen molar-refractivity contribution in [3.63, 3.8) is 0 Å². The minimum Gasteiger partial charge on any atom is -0.469 e. The van der Waals surface area contributed by atoms with Crippen molar-refractivity contribution in [2.24, 2.45) is 0 Å². The number of nitrogens with one attached hydrogen (secondary N) is 1. The summed E-state index contributed by atoms with van der Waals surface area (Å²) in [4.78, 5) is 27.4. The molecule has 0 fully saturated rings. The van der Waals surface area contributed by atoms with Crippen LogP contribution in [0.15, 0.2) is 28.8 Å². The molecule has 0 saturated heterocycles. The highest BCUT2D eigenvalue weighted by atomic mass is 35.5. The Balaban J connectivity index is 2.15. The molecule has 0 aliphatic rings. The molecule has 23 heavy (non-hydrogen) atoms. The van der Waals surface area contributed by atoms with Crippen molar-refractivity contribution in [2.75, 3.05) is 7.11 Å². The standard InChI is InChI=1S/C16H13ClN2O4/c1-8-5-13(19-23-8)16(21)15-11(7-14(20)22-2)10-4-3-9(17)6-12(10)18-15/h3-6,18H,7H2,1-2H3. The summed E-state index contributed by atoms with van der Waals surface area (Å²) in [6.07, 6.45) is -0.0317. The fraction of sp³-hybridized carbons (Fsp3) is 0.188. The molecule has 0 aliphatic carbocycles. The molecule has 0 atom stereocenters. The lowest BCUT2D eigenvalue weighted by Crippen LogP contribution is -2.10. The summed E-state index contributed by atoms with van der Waals surface area (Å²) in [7, 11) is 1.30. The average Bonchev–Trinajstić information content (AvgIpc) is 3.10. The summed E-state index contributed by atoms with van der Waals surface area (Å²) in [5.41, 5.74) is 1.67. The van der Waals surface area contributed by atoms with Crippen LogP contribution < -0.4 is 0 Å². The van der Waals surface area contributed by atoms with Crippen LogP contribution in [0.4, 0.5) is 0 Å². The van der Waals surface area contributed by atoms with E-state index in [9.17, 15) is 9.59 Å². The van der Waals surface area contributed by atoms with Crippen molar-refractivity contribution in [1.82, 2.24) is 10.1 Å². The second kappa shape index (κ2) is 5.89. The Morgan fingerprint density at radius 1 is 1.35 bits per heavy atom. The summed E-state index contributed by atoms with van der Waals surface area (Å²) in [6, 6.07) is 6.70. The van der Waals surface area contributed by atoms with Crippen LogP contribution >= 0.6 is 11.6 Å². The van der Waals surface area contributed by atoms with E-state index in [-0.39, 0.29) is 23.6 Å². The fourth-order valence-electron chi connectivity index (χ4n) is 2.42. The van der Waals surface area contributed by atoms with Gasteiger partial charge in [-0.2, -0.15) is 0 Å². The van der Waals surface area contributed by atoms with Gasteiger partial charge in [0.25, 0.3) is 0 Å². The Morgan fingerprint density at radius 3 is 2.78 bits per heavy atom.